The summed E-state index contributed by atoms with van der Waals surface area (Å²) >= 11 is 0. The minimum absolute atomic E-state index is 0.0468. The van der Waals surface area contributed by atoms with Crippen molar-refractivity contribution in [1.82, 2.24) is 0 Å². The van der Waals surface area contributed by atoms with Crippen molar-refractivity contribution in [2.75, 3.05) is 23.3 Å². The van der Waals surface area contributed by atoms with E-state index in [0.29, 0.717) is 11.6 Å². The zero-order chi connectivity index (χ0) is 20.1. The fourth-order valence-electron chi connectivity index (χ4n) is 2.97. The predicted molar refractivity (Wildman–Crippen MR) is 98.4 cm³/mol. The van der Waals surface area contributed by atoms with Crippen LogP contribution in [0.5, 0.6) is 0 Å². The molecular weight excluding hydrogens is 371 g/mol. The van der Waals surface area contributed by atoms with Gasteiger partial charge in [0.2, 0.25) is 0 Å². The number of hydrogen-bond acceptors (Lipinski definition) is 4. The molecular formula is C20H18F3N3O2. The first-order valence-corrected chi connectivity index (χ1v) is 8.82. The Balaban J connectivity index is 1.73. The van der Waals surface area contributed by atoms with E-state index in [4.69, 9.17) is 4.42 Å². The molecule has 1 aliphatic heterocycles. The van der Waals surface area contributed by atoms with E-state index in [2.05, 4.69) is 10.2 Å². The summed E-state index contributed by atoms with van der Waals surface area (Å²) in [5.74, 6) is 0.190. The maximum absolute atomic E-state index is 12.8. The summed E-state index contributed by atoms with van der Waals surface area (Å²) in [5.41, 5.74) is -1.20. The zero-order valence-corrected chi connectivity index (χ0v) is 14.9. The van der Waals surface area contributed by atoms with Gasteiger partial charge in [-0.05, 0) is 43.5 Å². The van der Waals surface area contributed by atoms with Gasteiger partial charge in [-0.15, -0.1) is 0 Å². The highest BCUT2D eigenvalue weighted by Gasteiger charge is 2.30. The van der Waals surface area contributed by atoms with Crippen molar-refractivity contribution < 1.29 is 22.4 Å². The lowest BCUT2D eigenvalue weighted by Crippen LogP contribution is -2.28. The van der Waals surface area contributed by atoms with E-state index in [9.17, 15) is 23.2 Å². The van der Waals surface area contributed by atoms with Gasteiger partial charge in [-0.3, -0.25) is 4.79 Å². The van der Waals surface area contributed by atoms with E-state index in [0.717, 1.165) is 38.1 Å². The highest BCUT2D eigenvalue weighted by Crippen LogP contribution is 2.31. The number of rotatable bonds is 4. The SMILES string of the molecule is N#C/C(=C/c1ccc(N2CCCCC2)o1)C(=O)Nc1cccc(C(F)(F)F)c1. The number of anilines is 2. The van der Waals surface area contributed by atoms with Crippen LogP contribution in [0.3, 0.4) is 0 Å². The average Bonchev–Trinajstić information content (AvgIpc) is 3.15. The van der Waals surface area contributed by atoms with Crippen LogP contribution in [-0.2, 0) is 11.0 Å². The Morgan fingerprint density at radius 2 is 1.93 bits per heavy atom. The van der Waals surface area contributed by atoms with E-state index in [-0.39, 0.29) is 11.3 Å². The number of carbonyl (C=O) groups excluding carboxylic acids is 1. The molecule has 0 spiro atoms. The fourth-order valence-corrected chi connectivity index (χ4v) is 2.97. The smallest absolute Gasteiger partial charge is 0.416 e. The number of nitrogens with one attached hydrogen (secondary N) is 1. The van der Waals surface area contributed by atoms with Crippen LogP contribution in [0.25, 0.3) is 6.08 Å². The number of nitriles is 1. The number of piperidine rings is 1. The van der Waals surface area contributed by atoms with Crippen molar-refractivity contribution in [2.24, 2.45) is 0 Å². The third-order valence-electron chi connectivity index (χ3n) is 4.38. The summed E-state index contributed by atoms with van der Waals surface area (Å²) in [7, 11) is 0. The Morgan fingerprint density at radius 1 is 1.18 bits per heavy atom. The number of alkyl halides is 3. The second kappa shape index (κ2) is 8.21. The van der Waals surface area contributed by atoms with E-state index < -0.39 is 17.6 Å². The average molecular weight is 389 g/mol. The Labute approximate surface area is 160 Å². The molecule has 0 aliphatic carbocycles. The first kappa shape index (κ1) is 19.5. The molecule has 28 heavy (non-hydrogen) atoms. The lowest BCUT2D eigenvalue weighted by atomic mass is 10.1. The maximum atomic E-state index is 12.8. The third-order valence-corrected chi connectivity index (χ3v) is 4.38. The molecule has 0 atom stereocenters. The number of halogens is 3. The van der Waals surface area contributed by atoms with Crippen LogP contribution in [0.4, 0.5) is 24.7 Å². The minimum atomic E-state index is -4.52. The molecule has 1 aromatic carbocycles. The normalized spacial score (nSPS) is 15.2. The monoisotopic (exact) mass is 389 g/mol. The van der Waals surface area contributed by atoms with E-state index in [1.807, 2.05) is 0 Å². The van der Waals surface area contributed by atoms with E-state index in [1.54, 1.807) is 18.2 Å². The second-order valence-electron chi connectivity index (χ2n) is 6.43. The molecule has 2 heterocycles. The van der Waals surface area contributed by atoms with Crippen molar-refractivity contribution in [2.45, 2.75) is 25.4 Å². The Hall–Kier alpha value is -3.21. The largest absolute Gasteiger partial charge is 0.441 e. The van der Waals surface area contributed by atoms with Crippen LogP contribution < -0.4 is 10.2 Å². The number of benzene rings is 1. The Morgan fingerprint density at radius 3 is 2.61 bits per heavy atom. The Kier molecular flexibility index (Phi) is 5.73. The predicted octanol–water partition coefficient (Wildman–Crippen LogP) is 4.83. The molecule has 3 rings (SSSR count). The van der Waals surface area contributed by atoms with Crippen LogP contribution in [0.15, 0.2) is 46.4 Å². The third kappa shape index (κ3) is 4.74. The van der Waals surface area contributed by atoms with Gasteiger partial charge >= 0.3 is 6.18 Å². The van der Waals surface area contributed by atoms with Gasteiger partial charge in [0, 0.05) is 30.9 Å². The van der Waals surface area contributed by atoms with Gasteiger partial charge in [-0.2, -0.15) is 18.4 Å². The molecule has 0 unspecified atom stereocenters. The highest BCUT2D eigenvalue weighted by molar-refractivity contribution is 6.09. The van der Waals surface area contributed by atoms with Gasteiger partial charge in [0.25, 0.3) is 5.91 Å². The van der Waals surface area contributed by atoms with Crippen molar-refractivity contribution in [3.05, 3.63) is 53.3 Å². The second-order valence-corrected chi connectivity index (χ2v) is 6.43. The van der Waals surface area contributed by atoms with E-state index in [1.165, 1.54) is 24.6 Å². The van der Waals surface area contributed by atoms with Crippen molar-refractivity contribution >= 4 is 23.6 Å². The quantitative estimate of drug-likeness (QED) is 0.600. The molecule has 8 heteroatoms. The van der Waals surface area contributed by atoms with Crippen molar-refractivity contribution in [1.29, 1.82) is 5.26 Å². The number of hydrogen-bond donors (Lipinski definition) is 1. The maximum Gasteiger partial charge on any atom is 0.416 e. The summed E-state index contributed by atoms with van der Waals surface area (Å²) in [5, 5.41) is 11.6. The van der Waals surface area contributed by atoms with Crippen LogP contribution in [-0.4, -0.2) is 19.0 Å². The zero-order valence-electron chi connectivity index (χ0n) is 14.9. The van der Waals surface area contributed by atoms with Crippen LogP contribution in [0.2, 0.25) is 0 Å². The lowest BCUT2D eigenvalue weighted by Gasteiger charge is -2.25. The van der Waals surface area contributed by atoms with Crippen molar-refractivity contribution in [3.63, 3.8) is 0 Å². The number of carbonyl (C=O) groups is 1. The summed E-state index contributed by atoms with van der Waals surface area (Å²) < 4.78 is 44.0. The molecule has 0 radical (unpaired) electrons. The van der Waals surface area contributed by atoms with Crippen LogP contribution >= 0.6 is 0 Å². The molecule has 0 bridgehead atoms. The molecule has 146 valence electrons. The Bertz CT molecular complexity index is 919. The molecule has 5 nitrogen and oxygen atoms in total. The summed E-state index contributed by atoms with van der Waals surface area (Å²) in [4.78, 5) is 14.4. The molecule has 1 aliphatic rings. The molecule has 1 amide bonds. The van der Waals surface area contributed by atoms with Gasteiger partial charge in [0.05, 0.1) is 5.56 Å². The molecule has 1 N–H and O–H groups in total. The molecule has 2 aromatic rings. The first-order chi connectivity index (χ1) is 13.4. The topological polar surface area (TPSA) is 69.3 Å². The minimum Gasteiger partial charge on any atom is -0.441 e. The molecule has 1 aromatic heterocycles. The molecule has 0 saturated carbocycles. The van der Waals surface area contributed by atoms with Crippen LogP contribution in [0, 0.1) is 11.3 Å². The van der Waals surface area contributed by atoms with Crippen LogP contribution in [0.1, 0.15) is 30.6 Å². The standard InChI is InChI=1S/C20H18F3N3O2/c21-20(22,23)15-5-4-6-16(12-15)25-19(27)14(13-24)11-17-7-8-18(28-17)26-9-2-1-3-10-26/h4-8,11-12H,1-3,9-10H2,(H,25,27)/b14-11-. The van der Waals surface area contributed by atoms with Gasteiger partial charge in [0.15, 0.2) is 5.88 Å². The van der Waals surface area contributed by atoms with Gasteiger partial charge in [-0.1, -0.05) is 6.07 Å². The van der Waals surface area contributed by atoms with Gasteiger partial charge in [0.1, 0.15) is 17.4 Å². The molecule has 1 saturated heterocycles. The number of amides is 1. The van der Waals surface area contributed by atoms with Crippen molar-refractivity contribution in [3.8, 4) is 6.07 Å². The van der Waals surface area contributed by atoms with E-state index >= 15 is 0 Å². The fraction of sp³-hybridized carbons (Fsp3) is 0.300. The summed E-state index contributed by atoms with van der Waals surface area (Å²) in [6.45, 7) is 1.77. The van der Waals surface area contributed by atoms with Gasteiger partial charge in [-0.25, -0.2) is 0 Å². The highest BCUT2D eigenvalue weighted by atomic mass is 19.4. The first-order valence-electron chi connectivity index (χ1n) is 8.82. The lowest BCUT2D eigenvalue weighted by molar-refractivity contribution is -0.137. The summed E-state index contributed by atoms with van der Waals surface area (Å²) in [6, 6.07) is 9.41. The van der Waals surface area contributed by atoms with Gasteiger partial charge < -0.3 is 14.6 Å². The number of furan rings is 1. The summed E-state index contributed by atoms with van der Waals surface area (Å²) in [6.07, 6.45) is 0.0890. The molecule has 1 fully saturated rings. The number of nitrogens with zero attached hydrogens (tertiary/aromatic N) is 2.